The minimum Gasteiger partial charge on any atom is -0.396 e. The molecule has 2 rings (SSSR count). The van der Waals surface area contributed by atoms with Gasteiger partial charge in [-0.1, -0.05) is 30.3 Å². The molecule has 1 fully saturated rings. The monoisotopic (exact) mass is 289 g/mol. The maximum atomic E-state index is 9.33. The predicted octanol–water partition coefficient (Wildman–Crippen LogP) is 1.95. The molecular weight excluding hydrogens is 262 g/mol. The van der Waals surface area contributed by atoms with Crippen LogP contribution in [-0.2, 0) is 6.42 Å². The van der Waals surface area contributed by atoms with Crippen LogP contribution in [0.15, 0.2) is 35.3 Å². The molecule has 3 N–H and O–H groups in total. The standard InChI is InChI=1S/C17H27N3O/c1-2-18-16(20-13-17(14-21)10-11-17)19-12-6-9-15-7-4-3-5-8-15/h3-5,7-8,21H,2,6,9-14H2,1H3,(H2,18,19,20). The van der Waals surface area contributed by atoms with E-state index in [2.05, 4.69) is 46.8 Å². The second kappa shape index (κ2) is 8.03. The van der Waals surface area contributed by atoms with Crippen molar-refractivity contribution in [1.29, 1.82) is 0 Å². The molecule has 0 spiro atoms. The molecule has 0 amide bonds. The van der Waals surface area contributed by atoms with Crippen LogP contribution in [0.1, 0.15) is 31.7 Å². The lowest BCUT2D eigenvalue weighted by molar-refractivity contribution is 0.217. The van der Waals surface area contributed by atoms with Gasteiger partial charge >= 0.3 is 0 Å². The first-order chi connectivity index (χ1) is 10.3. The lowest BCUT2D eigenvalue weighted by Gasteiger charge is -2.13. The Balaban J connectivity index is 1.71. The molecule has 0 bridgehead atoms. The van der Waals surface area contributed by atoms with Crippen LogP contribution in [0, 0.1) is 5.41 Å². The zero-order chi connectivity index (χ0) is 15.0. The summed E-state index contributed by atoms with van der Waals surface area (Å²) in [6, 6.07) is 10.5. The number of aliphatic imine (C=N–C) groups is 1. The van der Waals surface area contributed by atoms with Crippen molar-refractivity contribution in [2.45, 2.75) is 32.6 Å². The van der Waals surface area contributed by atoms with Crippen LogP contribution in [0.2, 0.25) is 0 Å². The lowest BCUT2D eigenvalue weighted by Crippen LogP contribution is -2.38. The molecule has 1 saturated carbocycles. The van der Waals surface area contributed by atoms with E-state index < -0.39 is 0 Å². The van der Waals surface area contributed by atoms with Gasteiger partial charge in [0.25, 0.3) is 0 Å². The number of nitrogens with zero attached hydrogens (tertiary/aromatic N) is 1. The van der Waals surface area contributed by atoms with Gasteiger partial charge in [0, 0.05) is 18.5 Å². The van der Waals surface area contributed by atoms with E-state index in [1.54, 1.807) is 0 Å². The Morgan fingerprint density at radius 3 is 2.62 bits per heavy atom. The number of guanidine groups is 1. The molecule has 4 heteroatoms. The number of aliphatic hydroxyl groups is 1. The van der Waals surface area contributed by atoms with E-state index in [1.807, 2.05) is 6.07 Å². The Labute approximate surface area is 127 Å². The van der Waals surface area contributed by atoms with Gasteiger partial charge in [-0.3, -0.25) is 4.99 Å². The third kappa shape index (κ3) is 5.38. The fraction of sp³-hybridized carbons (Fsp3) is 0.588. The van der Waals surface area contributed by atoms with Crippen molar-refractivity contribution in [2.75, 3.05) is 26.2 Å². The molecule has 1 aromatic carbocycles. The SMILES string of the molecule is CCNC(=NCC1(CO)CC1)NCCCc1ccccc1. The summed E-state index contributed by atoms with van der Waals surface area (Å²) in [7, 11) is 0. The topological polar surface area (TPSA) is 56.7 Å². The number of rotatable bonds is 8. The highest BCUT2D eigenvalue weighted by atomic mass is 16.3. The first-order valence-corrected chi connectivity index (χ1v) is 7.95. The van der Waals surface area contributed by atoms with E-state index in [1.165, 1.54) is 5.56 Å². The van der Waals surface area contributed by atoms with E-state index in [9.17, 15) is 5.11 Å². The van der Waals surface area contributed by atoms with Crippen molar-refractivity contribution >= 4 is 5.96 Å². The van der Waals surface area contributed by atoms with Gasteiger partial charge in [0.2, 0.25) is 0 Å². The number of benzene rings is 1. The Kier molecular flexibility index (Phi) is 6.05. The molecule has 1 aliphatic rings. The fourth-order valence-electron chi connectivity index (χ4n) is 2.28. The summed E-state index contributed by atoms with van der Waals surface area (Å²) in [5, 5.41) is 16.0. The summed E-state index contributed by atoms with van der Waals surface area (Å²) in [6.07, 6.45) is 4.36. The van der Waals surface area contributed by atoms with E-state index >= 15 is 0 Å². The van der Waals surface area contributed by atoms with Crippen LogP contribution in [0.3, 0.4) is 0 Å². The summed E-state index contributed by atoms with van der Waals surface area (Å²) in [4.78, 5) is 4.60. The van der Waals surface area contributed by atoms with E-state index in [0.717, 1.165) is 51.3 Å². The first kappa shape index (κ1) is 15.8. The zero-order valence-corrected chi connectivity index (χ0v) is 12.9. The third-order valence-corrected chi connectivity index (χ3v) is 3.99. The molecule has 1 aromatic rings. The minimum atomic E-state index is 0.0758. The molecule has 1 aliphatic carbocycles. The van der Waals surface area contributed by atoms with Crippen LogP contribution >= 0.6 is 0 Å². The van der Waals surface area contributed by atoms with Crippen molar-refractivity contribution in [2.24, 2.45) is 10.4 Å². The molecule has 0 aliphatic heterocycles. The maximum Gasteiger partial charge on any atom is 0.191 e. The molecule has 0 radical (unpaired) electrons. The Hall–Kier alpha value is -1.55. The smallest absolute Gasteiger partial charge is 0.191 e. The van der Waals surface area contributed by atoms with Crippen LogP contribution in [0.25, 0.3) is 0 Å². The number of hydrogen-bond acceptors (Lipinski definition) is 2. The maximum absolute atomic E-state index is 9.33. The van der Waals surface area contributed by atoms with Gasteiger partial charge in [0.05, 0.1) is 13.2 Å². The quantitative estimate of drug-likeness (QED) is 0.389. The number of hydrogen-bond donors (Lipinski definition) is 3. The highest BCUT2D eigenvalue weighted by Crippen LogP contribution is 2.45. The van der Waals surface area contributed by atoms with Gasteiger partial charge < -0.3 is 15.7 Å². The van der Waals surface area contributed by atoms with E-state index in [0.29, 0.717) is 0 Å². The van der Waals surface area contributed by atoms with Crippen molar-refractivity contribution in [3.8, 4) is 0 Å². The summed E-state index contributed by atoms with van der Waals surface area (Å²) in [6.45, 7) is 4.81. The van der Waals surface area contributed by atoms with Crippen LogP contribution in [0.5, 0.6) is 0 Å². The van der Waals surface area contributed by atoms with Crippen LogP contribution < -0.4 is 10.6 Å². The zero-order valence-electron chi connectivity index (χ0n) is 12.9. The second-order valence-electron chi connectivity index (χ2n) is 5.87. The van der Waals surface area contributed by atoms with Crippen molar-refractivity contribution in [3.63, 3.8) is 0 Å². The van der Waals surface area contributed by atoms with Gasteiger partial charge in [-0.25, -0.2) is 0 Å². The van der Waals surface area contributed by atoms with Crippen molar-refractivity contribution in [1.82, 2.24) is 10.6 Å². The minimum absolute atomic E-state index is 0.0758. The van der Waals surface area contributed by atoms with Crippen molar-refractivity contribution < 1.29 is 5.11 Å². The van der Waals surface area contributed by atoms with Gasteiger partial charge in [0.15, 0.2) is 5.96 Å². The number of aliphatic hydroxyl groups excluding tert-OH is 1. The number of aryl methyl sites for hydroxylation is 1. The van der Waals surface area contributed by atoms with Gasteiger partial charge in [-0.05, 0) is 38.2 Å². The Bertz CT molecular complexity index is 441. The number of nitrogens with one attached hydrogen (secondary N) is 2. The van der Waals surface area contributed by atoms with Crippen molar-refractivity contribution in [3.05, 3.63) is 35.9 Å². The molecule has 0 atom stereocenters. The highest BCUT2D eigenvalue weighted by Gasteiger charge is 2.41. The van der Waals surface area contributed by atoms with Crippen LogP contribution in [-0.4, -0.2) is 37.3 Å². The van der Waals surface area contributed by atoms with E-state index in [4.69, 9.17) is 0 Å². The summed E-state index contributed by atoms with van der Waals surface area (Å²) in [5.74, 6) is 0.866. The summed E-state index contributed by atoms with van der Waals surface area (Å²) < 4.78 is 0. The molecular formula is C17H27N3O. The molecule has 0 heterocycles. The molecule has 21 heavy (non-hydrogen) atoms. The molecule has 4 nitrogen and oxygen atoms in total. The van der Waals surface area contributed by atoms with Crippen LogP contribution in [0.4, 0.5) is 0 Å². The largest absolute Gasteiger partial charge is 0.396 e. The fourth-order valence-corrected chi connectivity index (χ4v) is 2.28. The molecule has 0 saturated heterocycles. The van der Waals surface area contributed by atoms with Gasteiger partial charge in [0.1, 0.15) is 0 Å². The highest BCUT2D eigenvalue weighted by molar-refractivity contribution is 5.79. The molecule has 116 valence electrons. The Morgan fingerprint density at radius 1 is 1.24 bits per heavy atom. The van der Waals surface area contributed by atoms with Gasteiger partial charge in [-0.15, -0.1) is 0 Å². The predicted molar refractivity (Wildman–Crippen MR) is 87.5 cm³/mol. The van der Waals surface area contributed by atoms with Gasteiger partial charge in [-0.2, -0.15) is 0 Å². The average molecular weight is 289 g/mol. The molecule has 0 unspecified atom stereocenters. The average Bonchev–Trinajstić information content (AvgIpc) is 3.31. The summed E-state index contributed by atoms with van der Waals surface area (Å²) >= 11 is 0. The van der Waals surface area contributed by atoms with E-state index in [-0.39, 0.29) is 12.0 Å². The Morgan fingerprint density at radius 2 is 2.00 bits per heavy atom. The lowest BCUT2D eigenvalue weighted by atomic mass is 10.1. The normalized spacial score (nSPS) is 16.6. The summed E-state index contributed by atoms with van der Waals surface area (Å²) in [5.41, 5.74) is 1.45. The second-order valence-corrected chi connectivity index (χ2v) is 5.87. The third-order valence-electron chi connectivity index (χ3n) is 3.99. The molecule has 0 aromatic heterocycles. The first-order valence-electron chi connectivity index (χ1n) is 7.95.